The maximum atomic E-state index is 13.1. The number of carbonyl (C=O) groups is 1. The van der Waals surface area contributed by atoms with Crippen LogP contribution in [0.15, 0.2) is 335 Å². The molecule has 6 atom stereocenters. The van der Waals surface area contributed by atoms with E-state index in [0.29, 0.717) is 10.8 Å². The van der Waals surface area contributed by atoms with E-state index in [1.165, 1.54) is 106 Å². The van der Waals surface area contributed by atoms with E-state index >= 15 is 0 Å². The highest BCUT2D eigenvalue weighted by Gasteiger charge is 2.39. The second-order valence-corrected chi connectivity index (χ2v) is 35.1. The highest BCUT2D eigenvalue weighted by Crippen LogP contribution is 2.42. The predicted octanol–water partition coefficient (Wildman–Crippen LogP) is 21.9. The van der Waals surface area contributed by atoms with Crippen LogP contribution in [0.5, 0.6) is 0 Å². The third-order valence-electron chi connectivity index (χ3n) is 24.0. The first-order chi connectivity index (χ1) is 57.8. The summed E-state index contributed by atoms with van der Waals surface area (Å²) in [5.41, 5.74) is 36.3. The number of nitrogens with two attached hydrogens (primary N) is 1. The molecule has 118 heavy (non-hydrogen) atoms. The van der Waals surface area contributed by atoms with Gasteiger partial charge in [-0.3, -0.25) is 4.85 Å². The van der Waals surface area contributed by atoms with Crippen molar-refractivity contribution in [1.29, 1.82) is 0 Å². The van der Waals surface area contributed by atoms with E-state index in [2.05, 4.69) is 251 Å². The van der Waals surface area contributed by atoms with E-state index in [1.807, 2.05) is 124 Å². The van der Waals surface area contributed by atoms with Gasteiger partial charge in [0.2, 0.25) is 0 Å². The lowest BCUT2D eigenvalue weighted by molar-refractivity contribution is -0.108. The maximum absolute atomic E-state index is 13.1. The van der Waals surface area contributed by atoms with Crippen LogP contribution < -0.4 is 15.2 Å². The molecule has 0 heterocycles. The first kappa shape index (κ1) is 84.0. The monoisotopic (exact) mass is 1610 g/mol. The van der Waals surface area contributed by atoms with Gasteiger partial charge < -0.3 is 24.2 Å². The van der Waals surface area contributed by atoms with Gasteiger partial charge >= 0.3 is 6.17 Å². The van der Waals surface area contributed by atoms with Crippen LogP contribution in [0, 0.1) is 27.3 Å². The van der Waals surface area contributed by atoms with Crippen molar-refractivity contribution in [2.75, 3.05) is 0 Å². The summed E-state index contributed by atoms with van der Waals surface area (Å²) in [6.07, 6.45) is 14.6. The van der Waals surface area contributed by atoms with Crippen molar-refractivity contribution in [1.82, 2.24) is 9.44 Å². The van der Waals surface area contributed by atoms with Gasteiger partial charge in [-0.05, 0) is 245 Å². The molecule has 0 bridgehead atoms. The Kier molecular flexibility index (Phi) is 29.0. The summed E-state index contributed by atoms with van der Waals surface area (Å²) < 4.78 is 49.6. The molecule has 0 saturated heterocycles. The van der Waals surface area contributed by atoms with Crippen LogP contribution in [0.3, 0.4) is 0 Å². The van der Waals surface area contributed by atoms with Crippen molar-refractivity contribution < 1.29 is 18.5 Å². The van der Waals surface area contributed by atoms with Crippen molar-refractivity contribution in [2.45, 2.75) is 174 Å². The number of hydrogen-bond donors (Lipinski definition) is 3. The quantitative estimate of drug-likeness (QED) is 0.0400. The molecule has 12 heteroatoms. The summed E-state index contributed by atoms with van der Waals surface area (Å²) in [6, 6.07) is 109. The molecule has 13 aromatic carbocycles. The summed E-state index contributed by atoms with van der Waals surface area (Å²) in [4.78, 5) is 17.6. The fraction of sp³-hybridized carbons (Fsp3) is 0.236. The SMILES string of the molecule is CC[C@@H](N)C1c2ccccc2CCc2ccccc21.CC[C@@H](N[S+]([O-])c1ccc(C)cc1)C1c2ccccc2CCc2ccccc21.Cc1ccc([S+]([O-])N=CC2c3ccccc3CCc3ccccc32)cc1.O=CC1c2ccccc2CCc2ccccc21.[C-]#[N+][C@@H](N[S+]([O-])c1ccc(C)cc1)C1c2ccccc2CCc2ccccc21. The molecule has 0 saturated carbocycles. The van der Waals surface area contributed by atoms with Gasteiger partial charge in [0.1, 0.15) is 23.6 Å². The van der Waals surface area contributed by atoms with Crippen molar-refractivity contribution in [3.8, 4) is 0 Å². The van der Waals surface area contributed by atoms with Crippen molar-refractivity contribution in [3.05, 3.63) is 455 Å². The fourth-order valence-corrected chi connectivity index (χ4v) is 20.5. The molecule has 5 aliphatic rings. The summed E-state index contributed by atoms with van der Waals surface area (Å²) in [5.74, 6) is 0.347. The molecular formula is C106H105N5O4S3. The number of fused-ring (bicyclic) bond motifs is 10. The lowest BCUT2D eigenvalue weighted by atomic mass is 9.82. The third-order valence-corrected chi connectivity index (χ3v) is 27.4. The highest BCUT2D eigenvalue weighted by atomic mass is 32.2. The Morgan fingerprint density at radius 2 is 0.610 bits per heavy atom. The topological polar surface area (TPSA) is 153 Å². The van der Waals surface area contributed by atoms with Crippen LogP contribution in [0.4, 0.5) is 0 Å². The Labute approximate surface area is 708 Å². The molecule has 0 spiro atoms. The summed E-state index contributed by atoms with van der Waals surface area (Å²) in [6.45, 7) is 18.3. The number of benzene rings is 13. The number of aldehydes is 1. The number of nitrogens with one attached hydrogen (secondary N) is 2. The second kappa shape index (κ2) is 40.8. The number of hydrogen-bond acceptors (Lipinski definition) is 8. The van der Waals surface area contributed by atoms with Gasteiger partial charge in [0.25, 0.3) is 0 Å². The van der Waals surface area contributed by atoms with E-state index in [0.717, 1.165) is 115 Å². The van der Waals surface area contributed by atoms with Gasteiger partial charge in [0, 0.05) is 23.8 Å². The largest absolute Gasteiger partial charge is 0.593 e. The first-order valence-corrected chi connectivity index (χ1v) is 45.1. The first-order valence-electron chi connectivity index (χ1n) is 41.6. The predicted molar refractivity (Wildman–Crippen MR) is 487 cm³/mol. The summed E-state index contributed by atoms with van der Waals surface area (Å²) in [7, 11) is 0. The average molecular weight is 1610 g/mol. The minimum absolute atomic E-state index is 0.0410. The zero-order valence-corrected chi connectivity index (χ0v) is 70.6. The molecule has 596 valence electrons. The van der Waals surface area contributed by atoms with Gasteiger partial charge in [-0.25, -0.2) is 6.57 Å². The van der Waals surface area contributed by atoms with E-state index in [9.17, 15) is 18.5 Å². The van der Waals surface area contributed by atoms with Gasteiger partial charge in [-0.1, -0.05) is 319 Å². The van der Waals surface area contributed by atoms with E-state index in [-0.39, 0.29) is 35.8 Å². The minimum Gasteiger partial charge on any atom is -0.593 e. The Hall–Kier alpha value is -10.5. The smallest absolute Gasteiger partial charge is 0.325 e. The van der Waals surface area contributed by atoms with Crippen molar-refractivity contribution in [2.24, 2.45) is 10.1 Å². The number of carbonyl (C=O) groups excluding carboxylic acids is 1. The Bertz CT molecular complexity index is 5350. The van der Waals surface area contributed by atoms with Crippen LogP contribution >= 0.6 is 0 Å². The molecule has 3 unspecified atom stereocenters. The molecule has 0 radical (unpaired) electrons. The molecule has 18 rings (SSSR count). The zero-order chi connectivity index (χ0) is 81.9. The summed E-state index contributed by atoms with van der Waals surface area (Å²) in [5, 5.41) is 0. The fourth-order valence-electron chi connectivity index (χ4n) is 17.7. The van der Waals surface area contributed by atoms with E-state index in [4.69, 9.17) is 12.3 Å². The molecule has 13 aromatic rings. The molecule has 0 amide bonds. The zero-order valence-electron chi connectivity index (χ0n) is 68.1. The Balaban J connectivity index is 0.000000123. The van der Waals surface area contributed by atoms with Crippen molar-refractivity contribution in [3.63, 3.8) is 0 Å². The molecular weight excluding hydrogens is 1500 g/mol. The highest BCUT2D eigenvalue weighted by molar-refractivity contribution is 7.90. The van der Waals surface area contributed by atoms with Gasteiger partial charge in [-0.15, -0.1) is 4.72 Å². The summed E-state index contributed by atoms with van der Waals surface area (Å²) >= 11 is -4.06. The van der Waals surface area contributed by atoms with Gasteiger partial charge in [0.15, 0.2) is 14.7 Å². The van der Waals surface area contributed by atoms with E-state index in [1.54, 1.807) is 0 Å². The Morgan fingerprint density at radius 3 is 0.898 bits per heavy atom. The number of aryl methyl sites for hydroxylation is 13. The normalized spacial score (nSPS) is 15.6. The average Bonchev–Trinajstić information content (AvgIpc) is 1.61. The second-order valence-electron chi connectivity index (χ2n) is 31.4. The number of rotatable bonds is 15. The lowest BCUT2D eigenvalue weighted by Crippen LogP contribution is -2.39. The minimum atomic E-state index is -1.45. The van der Waals surface area contributed by atoms with Gasteiger partial charge in [-0.2, -0.15) is 0 Å². The third kappa shape index (κ3) is 20.1. The maximum Gasteiger partial charge on any atom is 0.325 e. The molecule has 0 aromatic heterocycles. The van der Waals surface area contributed by atoms with Crippen LogP contribution in [-0.2, 0) is 103 Å². The number of nitrogens with zero attached hydrogens (tertiary/aromatic N) is 2. The van der Waals surface area contributed by atoms with Crippen LogP contribution in [-0.4, -0.2) is 44.4 Å². The Morgan fingerprint density at radius 1 is 0.356 bits per heavy atom. The van der Waals surface area contributed by atoms with Crippen molar-refractivity contribution >= 4 is 46.6 Å². The van der Waals surface area contributed by atoms with Crippen LogP contribution in [0.1, 0.15) is 184 Å². The molecule has 0 aliphatic heterocycles. The van der Waals surface area contributed by atoms with E-state index < -0.39 is 40.3 Å². The van der Waals surface area contributed by atoms with Gasteiger partial charge in [0.05, 0.1) is 40.9 Å². The molecule has 0 fully saturated rings. The van der Waals surface area contributed by atoms with Crippen LogP contribution in [0.25, 0.3) is 4.85 Å². The molecule has 5 aliphatic carbocycles. The molecule has 4 N–H and O–H groups in total. The lowest BCUT2D eigenvalue weighted by Gasteiger charge is -2.29. The standard InChI is InChI=1S/C25H27NOS.C24H22N2OS.C23H21NOS.C18H21N.C16H14O/c1-3-24(26-28(27)21-16-12-18(2)13-17-21)25-22-10-6-4-8-19(22)14-15-20-9-5-7-11-23(20)25;1-17-11-15-20(16-12-17)28(27)26-24(25-2)23-21-9-5-3-7-18(21)13-14-19-8-4-6-10-22(19)23;1-17-10-14-20(15-11-17)26(25)24-16-23-21-8-4-2-6-18(21)12-13-19-7-3-5-9-22(19)23;1-2-17(19)18-15-9-5-3-7-13(15)11-12-14-8-4-6-10-16(14)18;17-11-16-14-7-3-1-5-12(14)9-10-13-6-2-4-8-15(13)16/h4-13,16-17,24-26H,3,14-15H2,1-2H3;3-12,15-16,23-24,26H,13-14H2,1H3;2-11,14-16,23H,12-13H2,1H3;3-10,17-18H,2,11-12,19H2,1H3;1-8,11,16H,9-10H2/t2*24-,28?;;17-;/m10.1./s1. The molecule has 9 nitrogen and oxygen atoms in total. The van der Waals surface area contributed by atoms with Crippen LogP contribution in [0.2, 0.25) is 0 Å².